The fourth-order valence-corrected chi connectivity index (χ4v) is 3.44. The molecule has 2 heteroatoms. The van der Waals surface area contributed by atoms with Crippen LogP contribution in [0.3, 0.4) is 0 Å². The Balaban J connectivity index is 2.54. The lowest BCUT2D eigenvalue weighted by Crippen LogP contribution is -2.48. The van der Waals surface area contributed by atoms with Crippen molar-refractivity contribution in [3.8, 4) is 0 Å². The van der Waals surface area contributed by atoms with Crippen LogP contribution in [0, 0.1) is 0 Å². The first-order valence-corrected chi connectivity index (χ1v) is 6.82. The van der Waals surface area contributed by atoms with E-state index in [4.69, 9.17) is 0 Å². The van der Waals surface area contributed by atoms with Crippen LogP contribution in [0.15, 0.2) is 22.7 Å². The molecule has 1 unspecified atom stereocenters. The summed E-state index contributed by atoms with van der Waals surface area (Å²) < 4.78 is 1.19. The van der Waals surface area contributed by atoms with Crippen molar-refractivity contribution < 1.29 is 0 Å². The molecule has 0 aliphatic carbocycles. The van der Waals surface area contributed by atoms with Crippen molar-refractivity contribution in [1.29, 1.82) is 0 Å². The van der Waals surface area contributed by atoms with Crippen LogP contribution >= 0.6 is 15.9 Å². The minimum absolute atomic E-state index is 0.273. The Morgan fingerprint density at radius 1 is 1.44 bits per heavy atom. The van der Waals surface area contributed by atoms with Gasteiger partial charge in [-0.3, -0.25) is 0 Å². The van der Waals surface area contributed by atoms with Gasteiger partial charge in [-0.1, -0.05) is 22.9 Å². The van der Waals surface area contributed by atoms with Crippen LogP contribution in [0.2, 0.25) is 0 Å². The number of benzene rings is 1. The molecule has 0 saturated carbocycles. The number of hydrogen-bond acceptors (Lipinski definition) is 1. The molecule has 1 heterocycles. The third-order valence-corrected chi connectivity index (χ3v) is 4.16. The van der Waals surface area contributed by atoms with Crippen molar-refractivity contribution in [1.82, 2.24) is 0 Å². The zero-order chi connectivity index (χ0) is 11.9. The van der Waals surface area contributed by atoms with Crippen molar-refractivity contribution in [2.24, 2.45) is 0 Å². The smallest absolute Gasteiger partial charge is 0.0406 e. The first kappa shape index (κ1) is 12.0. The molecular weight excluding hydrogens is 262 g/mol. The third kappa shape index (κ3) is 1.88. The number of rotatable bonds is 1. The van der Waals surface area contributed by atoms with Crippen molar-refractivity contribution in [2.75, 3.05) is 11.4 Å². The average molecular weight is 282 g/mol. The molecule has 1 aromatic rings. The molecule has 1 aliphatic heterocycles. The minimum Gasteiger partial charge on any atom is -0.366 e. The van der Waals surface area contributed by atoms with Crippen LogP contribution in [-0.2, 0) is 0 Å². The quantitative estimate of drug-likeness (QED) is 0.729. The number of hydrogen-bond donors (Lipinski definition) is 0. The average Bonchev–Trinajstić information content (AvgIpc) is 2.18. The third-order valence-electron chi connectivity index (χ3n) is 3.66. The fraction of sp³-hybridized carbons (Fsp3) is 0.571. The molecule has 88 valence electrons. The van der Waals surface area contributed by atoms with Gasteiger partial charge in [0.25, 0.3) is 0 Å². The highest BCUT2D eigenvalue weighted by Crippen LogP contribution is 2.43. The summed E-state index contributed by atoms with van der Waals surface area (Å²) in [5.74, 6) is 0.644. The molecular formula is C14H20BrN. The number of nitrogens with zero attached hydrogens (tertiary/aromatic N) is 1. The van der Waals surface area contributed by atoms with Gasteiger partial charge < -0.3 is 4.90 Å². The maximum atomic E-state index is 3.57. The highest BCUT2D eigenvalue weighted by atomic mass is 79.9. The van der Waals surface area contributed by atoms with E-state index in [0.717, 1.165) is 6.54 Å². The topological polar surface area (TPSA) is 3.24 Å². The summed E-state index contributed by atoms with van der Waals surface area (Å²) >= 11 is 3.57. The van der Waals surface area contributed by atoms with Gasteiger partial charge >= 0.3 is 0 Å². The Hall–Kier alpha value is -0.500. The molecule has 1 nitrogen and oxygen atoms in total. The van der Waals surface area contributed by atoms with Crippen molar-refractivity contribution in [3.05, 3.63) is 28.2 Å². The Kier molecular flexibility index (Phi) is 3.04. The Bertz CT molecular complexity index is 398. The molecule has 2 rings (SSSR count). The molecule has 0 fully saturated rings. The van der Waals surface area contributed by atoms with Gasteiger partial charge in [0.15, 0.2) is 0 Å². The summed E-state index contributed by atoms with van der Waals surface area (Å²) in [5.41, 5.74) is 3.17. The molecule has 0 spiro atoms. The molecule has 0 saturated heterocycles. The molecule has 0 aromatic heterocycles. The second-order valence-corrected chi connectivity index (χ2v) is 6.28. The summed E-state index contributed by atoms with van der Waals surface area (Å²) in [7, 11) is 0. The first-order valence-electron chi connectivity index (χ1n) is 6.03. The molecule has 0 N–H and O–H groups in total. The molecule has 0 radical (unpaired) electrons. The SMILES string of the molecule is CCN1c2ccc(Br)cc2C(C)CC1(C)C. The summed E-state index contributed by atoms with van der Waals surface area (Å²) in [5, 5.41) is 0. The summed E-state index contributed by atoms with van der Waals surface area (Å²) in [6.07, 6.45) is 1.23. The molecule has 0 amide bonds. The summed E-state index contributed by atoms with van der Waals surface area (Å²) in [4.78, 5) is 2.52. The summed E-state index contributed by atoms with van der Waals surface area (Å²) in [6, 6.07) is 6.67. The van der Waals surface area contributed by atoms with Gasteiger partial charge in [-0.25, -0.2) is 0 Å². The zero-order valence-corrected chi connectivity index (χ0v) is 12.1. The van der Waals surface area contributed by atoms with E-state index in [-0.39, 0.29) is 5.54 Å². The lowest BCUT2D eigenvalue weighted by atomic mass is 9.80. The Labute approximate surface area is 107 Å². The first-order chi connectivity index (χ1) is 7.45. The Morgan fingerprint density at radius 3 is 2.75 bits per heavy atom. The molecule has 1 aliphatic rings. The predicted octanol–water partition coefficient (Wildman–Crippen LogP) is 4.56. The minimum atomic E-state index is 0.273. The van der Waals surface area contributed by atoms with Crippen LogP contribution in [0.5, 0.6) is 0 Å². The normalized spacial score (nSPS) is 23.1. The highest BCUT2D eigenvalue weighted by Gasteiger charge is 2.35. The van der Waals surface area contributed by atoms with Crippen LogP contribution < -0.4 is 4.90 Å². The van der Waals surface area contributed by atoms with Crippen LogP contribution in [0.25, 0.3) is 0 Å². The maximum absolute atomic E-state index is 3.57. The molecule has 1 atom stereocenters. The van der Waals surface area contributed by atoms with Crippen molar-refractivity contribution >= 4 is 21.6 Å². The van der Waals surface area contributed by atoms with Crippen LogP contribution in [0.4, 0.5) is 5.69 Å². The van der Waals surface area contributed by atoms with Crippen LogP contribution in [0.1, 0.15) is 45.6 Å². The van der Waals surface area contributed by atoms with Gasteiger partial charge in [0.1, 0.15) is 0 Å². The van der Waals surface area contributed by atoms with E-state index in [9.17, 15) is 0 Å². The van der Waals surface area contributed by atoms with E-state index >= 15 is 0 Å². The second kappa shape index (κ2) is 4.06. The molecule has 0 bridgehead atoms. The van der Waals surface area contributed by atoms with E-state index in [0.29, 0.717) is 5.92 Å². The standard InChI is InChI=1S/C14H20BrN/c1-5-16-13-7-6-11(15)8-12(13)10(2)9-14(16,3)4/h6-8,10H,5,9H2,1-4H3. The van der Waals surface area contributed by atoms with Gasteiger partial charge in [-0.2, -0.15) is 0 Å². The fourth-order valence-electron chi connectivity index (χ4n) is 3.06. The number of anilines is 1. The van der Waals surface area contributed by atoms with Gasteiger partial charge in [-0.15, -0.1) is 0 Å². The van der Waals surface area contributed by atoms with Gasteiger partial charge in [0.2, 0.25) is 0 Å². The van der Waals surface area contributed by atoms with E-state index < -0.39 is 0 Å². The van der Waals surface area contributed by atoms with Crippen LogP contribution in [-0.4, -0.2) is 12.1 Å². The van der Waals surface area contributed by atoms with E-state index in [1.807, 2.05) is 0 Å². The lowest BCUT2D eigenvalue weighted by Gasteiger charge is -2.47. The van der Waals surface area contributed by atoms with E-state index in [1.165, 1.54) is 22.1 Å². The van der Waals surface area contributed by atoms with Crippen molar-refractivity contribution in [3.63, 3.8) is 0 Å². The maximum Gasteiger partial charge on any atom is 0.0406 e. The second-order valence-electron chi connectivity index (χ2n) is 5.37. The Morgan fingerprint density at radius 2 is 2.12 bits per heavy atom. The number of fused-ring (bicyclic) bond motifs is 1. The zero-order valence-electron chi connectivity index (χ0n) is 10.5. The monoisotopic (exact) mass is 281 g/mol. The van der Waals surface area contributed by atoms with E-state index in [2.05, 4.69) is 66.7 Å². The van der Waals surface area contributed by atoms with Crippen molar-refractivity contribution in [2.45, 2.75) is 45.6 Å². The van der Waals surface area contributed by atoms with E-state index in [1.54, 1.807) is 0 Å². The van der Waals surface area contributed by atoms with Gasteiger partial charge in [0, 0.05) is 22.2 Å². The van der Waals surface area contributed by atoms with Gasteiger partial charge in [-0.05, 0) is 56.9 Å². The molecule has 16 heavy (non-hydrogen) atoms. The summed E-state index contributed by atoms with van der Waals surface area (Å²) in [6.45, 7) is 10.3. The van der Waals surface area contributed by atoms with Gasteiger partial charge in [0.05, 0.1) is 0 Å². The predicted molar refractivity (Wildman–Crippen MR) is 74.3 cm³/mol. The molecule has 1 aromatic carbocycles. The lowest BCUT2D eigenvalue weighted by molar-refractivity contribution is 0.381. The highest BCUT2D eigenvalue weighted by molar-refractivity contribution is 9.10. The number of halogens is 1. The largest absolute Gasteiger partial charge is 0.366 e.